The van der Waals surface area contributed by atoms with Gasteiger partial charge in [0.2, 0.25) is 5.91 Å². The fourth-order valence-electron chi connectivity index (χ4n) is 1.20. The number of hydrogen-bond acceptors (Lipinski definition) is 2. The Kier molecular flexibility index (Phi) is 5.31. The molecule has 0 bridgehead atoms. The molecule has 1 amide bonds. The highest BCUT2D eigenvalue weighted by atomic mass is 35.5. The number of nitrogens with one attached hydrogen (secondary N) is 1. The molecule has 0 saturated carbocycles. The summed E-state index contributed by atoms with van der Waals surface area (Å²) in [6, 6.07) is 4.63. The molecule has 0 aliphatic rings. The van der Waals surface area contributed by atoms with E-state index in [4.69, 9.17) is 28.9 Å². The third-order valence-electron chi connectivity index (χ3n) is 2.21. The van der Waals surface area contributed by atoms with Gasteiger partial charge < -0.3 is 11.1 Å². The third kappa shape index (κ3) is 4.76. The highest BCUT2D eigenvalue weighted by Gasteiger charge is 2.27. The van der Waals surface area contributed by atoms with E-state index in [1.54, 1.807) is 12.1 Å². The molecule has 0 saturated heterocycles. The Morgan fingerprint density at radius 2 is 2.06 bits per heavy atom. The SMILES string of the molecule is NCC(F)(F)CNC(=O)Cc1ccc(Cl)cc1Cl. The minimum absolute atomic E-state index is 0.0867. The summed E-state index contributed by atoms with van der Waals surface area (Å²) in [6.07, 6.45) is -0.0867. The number of carbonyl (C=O) groups is 1. The van der Waals surface area contributed by atoms with Crippen molar-refractivity contribution in [3.63, 3.8) is 0 Å². The van der Waals surface area contributed by atoms with Gasteiger partial charge in [-0.25, -0.2) is 8.78 Å². The van der Waals surface area contributed by atoms with E-state index in [0.717, 1.165) is 0 Å². The van der Waals surface area contributed by atoms with Gasteiger partial charge in [-0.3, -0.25) is 4.79 Å². The Morgan fingerprint density at radius 3 is 2.61 bits per heavy atom. The van der Waals surface area contributed by atoms with Crippen molar-refractivity contribution in [2.75, 3.05) is 13.1 Å². The first-order chi connectivity index (χ1) is 8.34. The van der Waals surface area contributed by atoms with Crippen molar-refractivity contribution < 1.29 is 13.6 Å². The number of alkyl halides is 2. The van der Waals surface area contributed by atoms with Crippen LogP contribution in [0.25, 0.3) is 0 Å². The van der Waals surface area contributed by atoms with Crippen LogP contribution in [-0.4, -0.2) is 24.9 Å². The van der Waals surface area contributed by atoms with Crippen molar-refractivity contribution in [1.82, 2.24) is 5.32 Å². The molecule has 0 heterocycles. The van der Waals surface area contributed by atoms with Crippen LogP contribution in [0, 0.1) is 0 Å². The molecule has 1 aromatic rings. The second-order valence-electron chi connectivity index (χ2n) is 3.75. The van der Waals surface area contributed by atoms with E-state index in [1.807, 2.05) is 0 Å². The van der Waals surface area contributed by atoms with Crippen molar-refractivity contribution >= 4 is 29.1 Å². The number of carbonyl (C=O) groups excluding carboxylic acids is 1. The minimum atomic E-state index is -3.10. The molecular weight excluding hydrogens is 285 g/mol. The first-order valence-corrected chi connectivity index (χ1v) is 5.88. The lowest BCUT2D eigenvalue weighted by atomic mass is 10.1. The lowest BCUT2D eigenvalue weighted by Crippen LogP contribution is -2.42. The zero-order valence-electron chi connectivity index (χ0n) is 9.35. The monoisotopic (exact) mass is 296 g/mol. The summed E-state index contributed by atoms with van der Waals surface area (Å²) in [7, 11) is 0. The lowest BCUT2D eigenvalue weighted by Gasteiger charge is -2.14. The van der Waals surface area contributed by atoms with E-state index in [9.17, 15) is 13.6 Å². The van der Waals surface area contributed by atoms with E-state index in [-0.39, 0.29) is 6.42 Å². The Morgan fingerprint density at radius 1 is 1.39 bits per heavy atom. The number of halogens is 4. The van der Waals surface area contributed by atoms with Gasteiger partial charge in [0.05, 0.1) is 19.5 Å². The first-order valence-electron chi connectivity index (χ1n) is 5.12. The van der Waals surface area contributed by atoms with Crippen LogP contribution in [0.2, 0.25) is 10.0 Å². The van der Waals surface area contributed by atoms with Gasteiger partial charge in [0, 0.05) is 10.0 Å². The highest BCUT2D eigenvalue weighted by Crippen LogP contribution is 2.21. The smallest absolute Gasteiger partial charge is 0.277 e. The molecule has 100 valence electrons. The molecule has 1 aromatic carbocycles. The van der Waals surface area contributed by atoms with E-state index in [0.29, 0.717) is 15.6 Å². The molecule has 0 aliphatic carbocycles. The number of nitrogens with two attached hydrogens (primary N) is 1. The quantitative estimate of drug-likeness (QED) is 0.876. The van der Waals surface area contributed by atoms with E-state index in [2.05, 4.69) is 5.32 Å². The molecule has 7 heteroatoms. The maximum Gasteiger partial charge on any atom is 0.277 e. The summed E-state index contributed by atoms with van der Waals surface area (Å²) in [5.41, 5.74) is 5.37. The molecular formula is C11H12Cl2F2N2O. The number of rotatable bonds is 5. The second kappa shape index (κ2) is 6.31. The Labute approximate surface area is 113 Å². The van der Waals surface area contributed by atoms with Crippen LogP contribution < -0.4 is 11.1 Å². The summed E-state index contributed by atoms with van der Waals surface area (Å²) in [5, 5.41) is 2.87. The van der Waals surface area contributed by atoms with Crippen LogP contribution in [0.5, 0.6) is 0 Å². The summed E-state index contributed by atoms with van der Waals surface area (Å²) in [6.45, 7) is -1.59. The Hall–Kier alpha value is -0.910. The first kappa shape index (κ1) is 15.1. The van der Waals surface area contributed by atoms with Crippen LogP contribution >= 0.6 is 23.2 Å². The molecule has 0 aromatic heterocycles. The summed E-state index contributed by atoms with van der Waals surface area (Å²) < 4.78 is 25.6. The van der Waals surface area contributed by atoms with Crippen molar-refractivity contribution in [3.8, 4) is 0 Å². The lowest BCUT2D eigenvalue weighted by molar-refractivity contribution is -0.122. The third-order valence-corrected chi connectivity index (χ3v) is 2.80. The van der Waals surface area contributed by atoms with Gasteiger partial charge in [0.25, 0.3) is 5.92 Å². The topological polar surface area (TPSA) is 55.1 Å². The number of benzene rings is 1. The predicted octanol–water partition coefficient (Wildman–Crippen LogP) is 2.25. The molecule has 1 rings (SSSR count). The van der Waals surface area contributed by atoms with Gasteiger partial charge in [-0.05, 0) is 17.7 Å². The van der Waals surface area contributed by atoms with E-state index >= 15 is 0 Å². The normalized spacial score (nSPS) is 11.4. The number of amides is 1. The van der Waals surface area contributed by atoms with Gasteiger partial charge in [-0.1, -0.05) is 29.3 Å². The van der Waals surface area contributed by atoms with Crippen LogP contribution in [-0.2, 0) is 11.2 Å². The summed E-state index contributed by atoms with van der Waals surface area (Å²) in [4.78, 5) is 11.4. The summed E-state index contributed by atoms with van der Waals surface area (Å²) >= 11 is 11.6. The zero-order valence-corrected chi connectivity index (χ0v) is 10.9. The van der Waals surface area contributed by atoms with Crippen LogP contribution in [0.1, 0.15) is 5.56 Å². The van der Waals surface area contributed by atoms with Crippen molar-refractivity contribution in [2.24, 2.45) is 5.73 Å². The van der Waals surface area contributed by atoms with Crippen molar-refractivity contribution in [1.29, 1.82) is 0 Å². The average Bonchev–Trinajstić information content (AvgIpc) is 2.30. The average molecular weight is 297 g/mol. The fourth-order valence-corrected chi connectivity index (χ4v) is 1.68. The van der Waals surface area contributed by atoms with Crippen molar-refractivity contribution in [3.05, 3.63) is 33.8 Å². The zero-order chi connectivity index (χ0) is 13.8. The highest BCUT2D eigenvalue weighted by molar-refractivity contribution is 6.35. The van der Waals surface area contributed by atoms with Gasteiger partial charge in [0.1, 0.15) is 0 Å². The van der Waals surface area contributed by atoms with Gasteiger partial charge in [-0.15, -0.1) is 0 Å². The fraction of sp³-hybridized carbons (Fsp3) is 0.364. The predicted molar refractivity (Wildman–Crippen MR) is 67.2 cm³/mol. The van der Waals surface area contributed by atoms with Gasteiger partial charge in [-0.2, -0.15) is 0 Å². The maximum atomic E-state index is 12.8. The van der Waals surface area contributed by atoms with Gasteiger partial charge >= 0.3 is 0 Å². The molecule has 0 fully saturated rings. The Bertz CT molecular complexity index is 441. The molecule has 0 atom stereocenters. The van der Waals surface area contributed by atoms with Crippen LogP contribution in [0.15, 0.2) is 18.2 Å². The van der Waals surface area contributed by atoms with Crippen molar-refractivity contribution in [2.45, 2.75) is 12.3 Å². The van der Waals surface area contributed by atoms with Gasteiger partial charge in [0.15, 0.2) is 0 Å². The molecule has 3 N–H and O–H groups in total. The van der Waals surface area contributed by atoms with E-state index in [1.165, 1.54) is 6.07 Å². The molecule has 18 heavy (non-hydrogen) atoms. The second-order valence-corrected chi connectivity index (χ2v) is 4.59. The summed E-state index contributed by atoms with van der Waals surface area (Å²) in [5.74, 6) is -3.65. The number of hydrogen-bond donors (Lipinski definition) is 2. The molecule has 0 aliphatic heterocycles. The Balaban J connectivity index is 2.55. The standard InChI is InChI=1S/C11H12Cl2F2N2O/c12-8-2-1-7(9(13)4-8)3-10(18)17-6-11(14,15)5-16/h1-2,4H,3,5-6,16H2,(H,17,18). The molecule has 3 nitrogen and oxygen atoms in total. The minimum Gasteiger partial charge on any atom is -0.350 e. The largest absolute Gasteiger partial charge is 0.350 e. The van der Waals surface area contributed by atoms with Crippen LogP contribution in [0.3, 0.4) is 0 Å². The molecule has 0 unspecified atom stereocenters. The molecule has 0 radical (unpaired) electrons. The maximum absolute atomic E-state index is 12.8. The molecule has 0 spiro atoms. The van der Waals surface area contributed by atoms with Crippen LogP contribution in [0.4, 0.5) is 8.78 Å². The van der Waals surface area contributed by atoms with E-state index < -0.39 is 24.9 Å².